The smallest absolute Gasteiger partial charge is 0.250 e. The predicted molar refractivity (Wildman–Crippen MR) is 48.5 cm³/mol. The van der Waals surface area contributed by atoms with Crippen LogP contribution in [0.3, 0.4) is 0 Å². The molecule has 0 aliphatic heterocycles. The molecule has 12 heavy (non-hydrogen) atoms. The van der Waals surface area contributed by atoms with Gasteiger partial charge in [0.05, 0.1) is 0 Å². The molecule has 0 aromatic carbocycles. The first-order chi connectivity index (χ1) is 5.63. The lowest BCUT2D eigenvalue weighted by Gasteiger charge is -2.19. The summed E-state index contributed by atoms with van der Waals surface area (Å²) in [6.07, 6.45) is 1.93. The van der Waals surface area contributed by atoms with Crippen LogP contribution in [0.4, 0.5) is 0 Å². The van der Waals surface area contributed by atoms with E-state index >= 15 is 0 Å². The van der Waals surface area contributed by atoms with Crippen LogP contribution in [0, 0.1) is 0 Å². The van der Waals surface area contributed by atoms with Gasteiger partial charge in [0, 0.05) is 12.1 Å². The second kappa shape index (κ2) is 5.77. The molecule has 0 spiro atoms. The van der Waals surface area contributed by atoms with Gasteiger partial charge in [-0.3, -0.25) is 4.79 Å². The Morgan fingerprint density at radius 2 is 2.17 bits per heavy atom. The number of hydrogen-bond donors (Lipinski definition) is 1. The predicted octanol–water partition coefficient (Wildman–Crippen LogP) is 1.14. The van der Waals surface area contributed by atoms with Crippen LogP contribution in [0.25, 0.3) is 0 Å². The number of nitrogens with zero attached hydrogens (tertiary/aromatic N) is 1. The number of rotatable bonds is 5. The van der Waals surface area contributed by atoms with E-state index in [1.165, 1.54) is 4.90 Å². The van der Waals surface area contributed by atoms with Crippen molar-refractivity contribution >= 4 is 5.91 Å². The fourth-order valence-electron chi connectivity index (χ4n) is 0.855. The van der Waals surface area contributed by atoms with Crippen molar-refractivity contribution in [3.63, 3.8) is 0 Å². The van der Waals surface area contributed by atoms with Crippen LogP contribution in [0.1, 0.15) is 26.7 Å². The minimum absolute atomic E-state index is 0.161. The number of unbranched alkanes of at least 4 members (excludes halogenated alkanes) is 1. The quantitative estimate of drug-likeness (QED) is 0.498. The molecule has 1 amide bonds. The van der Waals surface area contributed by atoms with Gasteiger partial charge in [-0.2, -0.15) is 0 Å². The molecule has 0 aromatic heterocycles. The number of amides is 1. The summed E-state index contributed by atoms with van der Waals surface area (Å²) in [6, 6.07) is 0. The maximum absolute atomic E-state index is 11.2. The third kappa shape index (κ3) is 3.53. The number of aliphatic hydroxyl groups is 1. The van der Waals surface area contributed by atoms with Gasteiger partial charge in [0.15, 0.2) is 0 Å². The third-order valence-corrected chi connectivity index (χ3v) is 1.60. The van der Waals surface area contributed by atoms with E-state index in [0.717, 1.165) is 12.8 Å². The van der Waals surface area contributed by atoms with E-state index in [9.17, 15) is 4.79 Å². The molecular weight excluding hydrogens is 154 g/mol. The third-order valence-electron chi connectivity index (χ3n) is 1.60. The van der Waals surface area contributed by atoms with Gasteiger partial charge in [-0.05, 0) is 13.3 Å². The summed E-state index contributed by atoms with van der Waals surface area (Å²) in [7, 11) is 0. The molecule has 0 atom stereocenters. The molecule has 0 aliphatic carbocycles. The zero-order valence-electron chi connectivity index (χ0n) is 7.84. The molecule has 0 heterocycles. The molecule has 1 N–H and O–H groups in total. The van der Waals surface area contributed by atoms with Crippen molar-refractivity contribution in [3.8, 4) is 0 Å². The summed E-state index contributed by atoms with van der Waals surface area (Å²) in [4.78, 5) is 12.6. The van der Waals surface area contributed by atoms with Crippen molar-refractivity contribution in [1.82, 2.24) is 4.90 Å². The Hall–Kier alpha value is -0.830. The zero-order valence-corrected chi connectivity index (χ0v) is 7.84. The van der Waals surface area contributed by atoms with Gasteiger partial charge in [-0.1, -0.05) is 19.9 Å². The van der Waals surface area contributed by atoms with Gasteiger partial charge in [0.25, 0.3) is 5.91 Å². The fraction of sp³-hybridized carbons (Fsp3) is 0.667. The van der Waals surface area contributed by atoms with E-state index in [1.807, 2.05) is 6.92 Å². The monoisotopic (exact) mass is 171 g/mol. The van der Waals surface area contributed by atoms with Crippen LogP contribution in [-0.2, 0) is 4.79 Å². The highest BCUT2D eigenvalue weighted by atomic mass is 16.3. The van der Waals surface area contributed by atoms with Crippen molar-refractivity contribution in [3.05, 3.63) is 12.2 Å². The van der Waals surface area contributed by atoms with Gasteiger partial charge < -0.3 is 10.0 Å². The van der Waals surface area contributed by atoms with Gasteiger partial charge in [0.2, 0.25) is 0 Å². The number of carbonyl (C=O) groups excluding carboxylic acids is 1. The van der Waals surface area contributed by atoms with Crippen LogP contribution >= 0.6 is 0 Å². The summed E-state index contributed by atoms with van der Waals surface area (Å²) in [5.41, 5.74) is 0.472. The van der Waals surface area contributed by atoms with Crippen LogP contribution < -0.4 is 0 Å². The average molecular weight is 171 g/mol. The summed E-state index contributed by atoms with van der Waals surface area (Å²) in [6.45, 7) is 7.62. The first-order valence-corrected chi connectivity index (χ1v) is 4.19. The highest BCUT2D eigenvalue weighted by Crippen LogP contribution is 2.00. The Balaban J connectivity index is 3.96. The summed E-state index contributed by atoms with van der Waals surface area (Å²) >= 11 is 0. The molecule has 0 radical (unpaired) electrons. The summed E-state index contributed by atoms with van der Waals surface area (Å²) < 4.78 is 0. The molecule has 70 valence electrons. The Morgan fingerprint density at radius 1 is 1.58 bits per heavy atom. The highest BCUT2D eigenvalue weighted by Gasteiger charge is 2.11. The Labute approximate surface area is 73.7 Å². The molecule has 0 saturated heterocycles. The minimum atomic E-state index is -0.217. The number of carbonyl (C=O) groups is 1. The molecule has 3 nitrogen and oxygen atoms in total. The molecule has 0 fully saturated rings. The maximum Gasteiger partial charge on any atom is 0.250 e. The van der Waals surface area contributed by atoms with Crippen LogP contribution in [0.5, 0.6) is 0 Å². The van der Waals surface area contributed by atoms with Crippen LogP contribution in [0.2, 0.25) is 0 Å². The summed E-state index contributed by atoms with van der Waals surface area (Å²) in [5.74, 6) is -0.161. The first kappa shape index (κ1) is 11.2. The topological polar surface area (TPSA) is 40.5 Å². The summed E-state index contributed by atoms with van der Waals surface area (Å²) in [5, 5.41) is 8.84. The van der Waals surface area contributed by atoms with Gasteiger partial charge >= 0.3 is 0 Å². The normalized spacial score (nSPS) is 9.58. The fourth-order valence-corrected chi connectivity index (χ4v) is 0.855. The lowest BCUT2D eigenvalue weighted by Crippen LogP contribution is -2.33. The van der Waals surface area contributed by atoms with E-state index in [0.29, 0.717) is 12.1 Å². The standard InChI is InChI=1S/C9H17NO2/c1-4-5-6-10(7-11)9(12)8(2)3/h11H,2,4-7H2,1,3H3. The molecule has 0 rings (SSSR count). The van der Waals surface area contributed by atoms with E-state index in [1.54, 1.807) is 6.92 Å². The van der Waals surface area contributed by atoms with Gasteiger partial charge in [-0.25, -0.2) is 0 Å². The molecule has 0 unspecified atom stereocenters. The van der Waals surface area contributed by atoms with Crippen molar-refractivity contribution in [2.75, 3.05) is 13.3 Å². The van der Waals surface area contributed by atoms with Gasteiger partial charge in [0.1, 0.15) is 6.73 Å². The highest BCUT2D eigenvalue weighted by molar-refractivity contribution is 5.92. The van der Waals surface area contributed by atoms with Crippen LogP contribution in [0.15, 0.2) is 12.2 Å². The van der Waals surface area contributed by atoms with E-state index < -0.39 is 0 Å². The zero-order chi connectivity index (χ0) is 9.56. The van der Waals surface area contributed by atoms with Crippen LogP contribution in [-0.4, -0.2) is 29.2 Å². The molecule has 0 bridgehead atoms. The minimum Gasteiger partial charge on any atom is -0.376 e. The van der Waals surface area contributed by atoms with Crippen molar-refractivity contribution in [2.45, 2.75) is 26.7 Å². The van der Waals surface area contributed by atoms with Crippen molar-refractivity contribution in [2.24, 2.45) is 0 Å². The Morgan fingerprint density at radius 3 is 2.50 bits per heavy atom. The van der Waals surface area contributed by atoms with E-state index in [-0.39, 0.29) is 12.6 Å². The average Bonchev–Trinajstić information content (AvgIpc) is 2.05. The van der Waals surface area contributed by atoms with Crippen molar-refractivity contribution in [1.29, 1.82) is 0 Å². The molecule has 0 aliphatic rings. The molecule has 3 heteroatoms. The Kier molecular flexibility index (Phi) is 5.37. The molecule has 0 saturated carbocycles. The maximum atomic E-state index is 11.2. The molecule has 0 aromatic rings. The first-order valence-electron chi connectivity index (χ1n) is 4.19. The van der Waals surface area contributed by atoms with Crippen molar-refractivity contribution < 1.29 is 9.90 Å². The number of aliphatic hydroxyl groups excluding tert-OH is 1. The number of hydrogen-bond acceptors (Lipinski definition) is 2. The SMILES string of the molecule is C=C(C)C(=O)N(CO)CCCC. The lowest BCUT2D eigenvalue weighted by atomic mass is 10.2. The van der Waals surface area contributed by atoms with Gasteiger partial charge in [-0.15, -0.1) is 0 Å². The largest absolute Gasteiger partial charge is 0.376 e. The Bertz CT molecular complexity index is 166. The second-order valence-electron chi connectivity index (χ2n) is 2.84. The van der Waals surface area contributed by atoms with E-state index in [4.69, 9.17) is 5.11 Å². The van der Waals surface area contributed by atoms with E-state index in [2.05, 4.69) is 6.58 Å². The second-order valence-corrected chi connectivity index (χ2v) is 2.84. The lowest BCUT2D eigenvalue weighted by molar-refractivity contribution is -0.130. The molecular formula is C9H17NO2.